The third kappa shape index (κ3) is 2.11. The van der Waals surface area contributed by atoms with Gasteiger partial charge in [0.25, 0.3) is 0 Å². The number of aromatic amines is 1. The molecular formula is C13H16N4O. The summed E-state index contributed by atoms with van der Waals surface area (Å²) in [5, 5.41) is 0. The van der Waals surface area contributed by atoms with Gasteiger partial charge in [-0.1, -0.05) is 0 Å². The van der Waals surface area contributed by atoms with Crippen molar-refractivity contribution in [1.29, 1.82) is 0 Å². The number of nitrogen functional groups attached to an aromatic ring is 1. The maximum absolute atomic E-state index is 5.84. The number of ether oxygens (including phenoxy) is 1. The van der Waals surface area contributed by atoms with Gasteiger partial charge in [-0.3, -0.25) is 0 Å². The Hall–Kier alpha value is -2.17. The standard InChI is InChI=1S/C13H16N4O/c14-10-1-2-13-12(7-10)17(5-6-18-13)4-3-11-8-15-9-16-11/h1-2,7-9H,3-6,14H2,(H,15,16). The van der Waals surface area contributed by atoms with Crippen LogP contribution in [0.25, 0.3) is 0 Å². The van der Waals surface area contributed by atoms with E-state index < -0.39 is 0 Å². The molecule has 18 heavy (non-hydrogen) atoms. The molecule has 0 saturated heterocycles. The van der Waals surface area contributed by atoms with Gasteiger partial charge in [0, 0.05) is 24.8 Å². The van der Waals surface area contributed by atoms with E-state index in [2.05, 4.69) is 14.9 Å². The molecule has 5 nitrogen and oxygen atoms in total. The number of nitrogens with one attached hydrogen (secondary N) is 1. The first kappa shape index (κ1) is 11.0. The van der Waals surface area contributed by atoms with Gasteiger partial charge in [-0.05, 0) is 18.2 Å². The van der Waals surface area contributed by atoms with Crippen molar-refractivity contribution in [3.63, 3.8) is 0 Å². The number of nitrogens with zero attached hydrogens (tertiary/aromatic N) is 2. The summed E-state index contributed by atoms with van der Waals surface area (Å²) >= 11 is 0. The van der Waals surface area contributed by atoms with Crippen LogP contribution in [0.3, 0.4) is 0 Å². The third-order valence-electron chi connectivity index (χ3n) is 3.14. The fraction of sp³-hybridized carbons (Fsp3) is 0.308. The molecule has 0 amide bonds. The predicted molar refractivity (Wildman–Crippen MR) is 70.9 cm³/mol. The lowest BCUT2D eigenvalue weighted by atomic mass is 10.2. The molecule has 1 aromatic heterocycles. The Morgan fingerprint density at radius 2 is 2.39 bits per heavy atom. The Morgan fingerprint density at radius 1 is 1.44 bits per heavy atom. The van der Waals surface area contributed by atoms with Crippen LogP contribution in [0.1, 0.15) is 5.69 Å². The SMILES string of the molecule is Nc1ccc2c(c1)N(CCc1c[nH]cn1)CCO2. The van der Waals surface area contributed by atoms with Gasteiger partial charge < -0.3 is 20.4 Å². The third-order valence-corrected chi connectivity index (χ3v) is 3.14. The molecule has 1 aliphatic rings. The number of benzene rings is 1. The molecule has 3 N–H and O–H groups in total. The lowest BCUT2D eigenvalue weighted by Gasteiger charge is -2.31. The Kier molecular flexibility index (Phi) is 2.80. The van der Waals surface area contributed by atoms with Crippen molar-refractivity contribution >= 4 is 11.4 Å². The molecule has 2 heterocycles. The molecule has 0 saturated carbocycles. The summed E-state index contributed by atoms with van der Waals surface area (Å²) in [5.74, 6) is 0.914. The van der Waals surface area contributed by atoms with Gasteiger partial charge >= 0.3 is 0 Å². The number of rotatable bonds is 3. The van der Waals surface area contributed by atoms with Crippen LogP contribution < -0.4 is 15.4 Å². The summed E-state index contributed by atoms with van der Waals surface area (Å²) in [6.07, 6.45) is 4.55. The molecule has 0 aliphatic carbocycles. The Bertz CT molecular complexity index is 524. The lowest BCUT2D eigenvalue weighted by molar-refractivity contribution is 0.307. The fourth-order valence-electron chi connectivity index (χ4n) is 2.20. The molecule has 0 atom stereocenters. The number of H-pyrrole nitrogens is 1. The zero-order valence-electron chi connectivity index (χ0n) is 10.1. The van der Waals surface area contributed by atoms with Crippen LogP contribution in [0.2, 0.25) is 0 Å². The minimum absolute atomic E-state index is 0.720. The molecule has 0 unspecified atom stereocenters. The highest BCUT2D eigenvalue weighted by Gasteiger charge is 2.18. The molecule has 3 rings (SSSR count). The van der Waals surface area contributed by atoms with Crippen molar-refractivity contribution < 1.29 is 4.74 Å². The highest BCUT2D eigenvalue weighted by Crippen LogP contribution is 2.33. The minimum atomic E-state index is 0.720. The van der Waals surface area contributed by atoms with E-state index >= 15 is 0 Å². The molecule has 0 spiro atoms. The summed E-state index contributed by atoms with van der Waals surface area (Å²) in [6, 6.07) is 5.78. The highest BCUT2D eigenvalue weighted by molar-refractivity contribution is 5.66. The van der Waals surface area contributed by atoms with Gasteiger partial charge in [-0.15, -0.1) is 0 Å². The predicted octanol–water partition coefficient (Wildman–Crippen LogP) is 1.43. The molecule has 0 bridgehead atoms. The van der Waals surface area contributed by atoms with Crippen LogP contribution in [0.5, 0.6) is 5.75 Å². The monoisotopic (exact) mass is 244 g/mol. The lowest BCUT2D eigenvalue weighted by Crippen LogP contribution is -2.34. The van der Waals surface area contributed by atoms with Gasteiger partial charge in [0.05, 0.1) is 24.3 Å². The first-order chi connectivity index (χ1) is 8.83. The van der Waals surface area contributed by atoms with Crippen LogP contribution in [-0.4, -0.2) is 29.7 Å². The topological polar surface area (TPSA) is 67.2 Å². The second-order valence-electron chi connectivity index (χ2n) is 4.37. The molecule has 2 aromatic rings. The van der Waals surface area contributed by atoms with Crippen LogP contribution in [0.4, 0.5) is 11.4 Å². The van der Waals surface area contributed by atoms with Crippen molar-refractivity contribution in [1.82, 2.24) is 9.97 Å². The van der Waals surface area contributed by atoms with E-state index in [1.165, 1.54) is 0 Å². The highest BCUT2D eigenvalue weighted by atomic mass is 16.5. The molecule has 5 heteroatoms. The normalized spacial score (nSPS) is 14.1. The van der Waals surface area contributed by atoms with Crippen LogP contribution >= 0.6 is 0 Å². The summed E-state index contributed by atoms with van der Waals surface area (Å²) in [7, 11) is 0. The quantitative estimate of drug-likeness (QED) is 0.802. The number of aromatic nitrogens is 2. The summed E-state index contributed by atoms with van der Waals surface area (Å²) < 4.78 is 5.63. The number of hydrogen-bond donors (Lipinski definition) is 2. The summed E-state index contributed by atoms with van der Waals surface area (Å²) in [6.45, 7) is 2.53. The average molecular weight is 244 g/mol. The Labute approximate surface area is 106 Å². The zero-order valence-corrected chi connectivity index (χ0v) is 10.1. The van der Waals surface area contributed by atoms with Gasteiger partial charge in [0.15, 0.2) is 0 Å². The zero-order chi connectivity index (χ0) is 12.4. The van der Waals surface area contributed by atoms with Crippen molar-refractivity contribution in [3.8, 4) is 5.75 Å². The largest absolute Gasteiger partial charge is 0.490 e. The Morgan fingerprint density at radius 3 is 3.22 bits per heavy atom. The number of imidazole rings is 1. The summed E-state index contributed by atoms with van der Waals surface area (Å²) in [4.78, 5) is 9.50. The summed E-state index contributed by atoms with van der Waals surface area (Å²) in [5.41, 5.74) is 8.76. The molecule has 0 radical (unpaired) electrons. The van der Waals surface area contributed by atoms with E-state index in [4.69, 9.17) is 10.5 Å². The van der Waals surface area contributed by atoms with Crippen LogP contribution in [0.15, 0.2) is 30.7 Å². The molecular weight excluding hydrogens is 228 g/mol. The van der Waals surface area contributed by atoms with Crippen molar-refractivity contribution in [2.75, 3.05) is 30.3 Å². The molecule has 1 aromatic carbocycles. The fourth-order valence-corrected chi connectivity index (χ4v) is 2.20. The first-order valence-corrected chi connectivity index (χ1v) is 6.08. The maximum atomic E-state index is 5.84. The van der Waals surface area contributed by atoms with E-state index in [0.29, 0.717) is 0 Å². The van der Waals surface area contributed by atoms with Crippen LogP contribution in [0, 0.1) is 0 Å². The number of nitrogens with two attached hydrogens (primary N) is 1. The molecule has 0 fully saturated rings. The van der Waals surface area contributed by atoms with E-state index in [-0.39, 0.29) is 0 Å². The number of anilines is 2. The van der Waals surface area contributed by atoms with Crippen molar-refractivity contribution in [3.05, 3.63) is 36.4 Å². The van der Waals surface area contributed by atoms with Gasteiger partial charge in [-0.2, -0.15) is 0 Å². The average Bonchev–Trinajstić information content (AvgIpc) is 2.89. The van der Waals surface area contributed by atoms with Crippen molar-refractivity contribution in [2.24, 2.45) is 0 Å². The van der Waals surface area contributed by atoms with Gasteiger partial charge in [0.1, 0.15) is 12.4 Å². The number of fused-ring (bicyclic) bond motifs is 1. The van der Waals surface area contributed by atoms with Crippen LogP contribution in [-0.2, 0) is 6.42 Å². The van der Waals surface area contributed by atoms with Gasteiger partial charge in [0.2, 0.25) is 0 Å². The second-order valence-corrected chi connectivity index (χ2v) is 4.37. The van der Waals surface area contributed by atoms with Crippen molar-refractivity contribution in [2.45, 2.75) is 6.42 Å². The molecule has 94 valence electrons. The van der Waals surface area contributed by atoms with E-state index in [9.17, 15) is 0 Å². The van der Waals surface area contributed by atoms with E-state index in [1.807, 2.05) is 24.4 Å². The first-order valence-electron chi connectivity index (χ1n) is 6.08. The second kappa shape index (κ2) is 4.60. The van der Waals surface area contributed by atoms with Gasteiger partial charge in [-0.25, -0.2) is 4.98 Å². The number of hydrogen-bond acceptors (Lipinski definition) is 4. The smallest absolute Gasteiger partial charge is 0.142 e. The molecule has 1 aliphatic heterocycles. The van der Waals surface area contributed by atoms with E-state index in [0.717, 1.165) is 48.9 Å². The Balaban J connectivity index is 1.76. The maximum Gasteiger partial charge on any atom is 0.142 e. The minimum Gasteiger partial charge on any atom is -0.490 e. The van der Waals surface area contributed by atoms with E-state index in [1.54, 1.807) is 6.33 Å².